The maximum atomic E-state index is 13.4. The molecule has 2 aromatic carbocycles. The molecule has 28 heavy (non-hydrogen) atoms. The predicted octanol–water partition coefficient (Wildman–Crippen LogP) is 4.09. The van der Waals surface area contributed by atoms with Gasteiger partial charge in [0, 0.05) is 24.3 Å². The number of aromatic nitrogens is 2. The van der Waals surface area contributed by atoms with Crippen LogP contribution in [0.5, 0.6) is 0 Å². The fourth-order valence-corrected chi connectivity index (χ4v) is 4.39. The third-order valence-corrected chi connectivity index (χ3v) is 5.87. The van der Waals surface area contributed by atoms with E-state index < -0.39 is 0 Å². The van der Waals surface area contributed by atoms with Crippen LogP contribution in [0.25, 0.3) is 5.69 Å². The Balaban J connectivity index is 1.51. The molecule has 0 saturated heterocycles. The highest BCUT2D eigenvalue weighted by Crippen LogP contribution is 2.29. The first-order valence-electron chi connectivity index (χ1n) is 9.93. The van der Waals surface area contributed by atoms with E-state index in [2.05, 4.69) is 18.2 Å². The molecule has 2 aliphatic rings. The van der Waals surface area contributed by atoms with Gasteiger partial charge in [-0.15, -0.1) is 0 Å². The number of benzene rings is 2. The van der Waals surface area contributed by atoms with Crippen molar-refractivity contribution in [2.75, 3.05) is 6.54 Å². The number of rotatable bonds is 2. The van der Waals surface area contributed by atoms with E-state index in [1.807, 2.05) is 15.6 Å². The third-order valence-electron chi connectivity index (χ3n) is 5.87. The van der Waals surface area contributed by atoms with Crippen LogP contribution >= 0.6 is 0 Å². The molecule has 0 fully saturated rings. The highest BCUT2D eigenvalue weighted by molar-refractivity contribution is 5.94. The second kappa shape index (κ2) is 6.89. The van der Waals surface area contributed by atoms with E-state index in [1.54, 1.807) is 12.1 Å². The molecule has 0 N–H and O–H groups in total. The molecule has 0 radical (unpaired) electrons. The largest absolute Gasteiger partial charge is 0.333 e. The molecule has 0 spiro atoms. The molecule has 0 saturated carbocycles. The first-order chi connectivity index (χ1) is 13.7. The van der Waals surface area contributed by atoms with Crippen LogP contribution in [0.1, 0.15) is 45.7 Å². The lowest BCUT2D eigenvalue weighted by Crippen LogP contribution is -2.36. The Morgan fingerprint density at radius 3 is 2.50 bits per heavy atom. The van der Waals surface area contributed by atoms with Crippen LogP contribution in [0.4, 0.5) is 4.39 Å². The van der Waals surface area contributed by atoms with Gasteiger partial charge in [0.25, 0.3) is 5.91 Å². The molecule has 5 rings (SSSR count). The van der Waals surface area contributed by atoms with Crippen molar-refractivity contribution in [2.45, 2.75) is 38.6 Å². The van der Waals surface area contributed by atoms with Gasteiger partial charge >= 0.3 is 0 Å². The molecule has 5 heteroatoms. The van der Waals surface area contributed by atoms with Crippen LogP contribution < -0.4 is 0 Å². The molecular weight excluding hydrogens is 353 g/mol. The number of amides is 1. The second-order valence-corrected chi connectivity index (χ2v) is 7.61. The molecule has 2 heterocycles. The molecule has 1 aliphatic heterocycles. The first-order valence-corrected chi connectivity index (χ1v) is 9.93. The van der Waals surface area contributed by atoms with E-state index in [9.17, 15) is 9.18 Å². The van der Waals surface area contributed by atoms with E-state index in [4.69, 9.17) is 5.10 Å². The average Bonchev–Trinajstić information content (AvgIpc) is 3.13. The monoisotopic (exact) mass is 375 g/mol. The third kappa shape index (κ3) is 2.91. The number of carbonyl (C=O) groups excluding carboxylic acids is 1. The summed E-state index contributed by atoms with van der Waals surface area (Å²) in [6.45, 7) is 1.35. The highest BCUT2D eigenvalue weighted by Gasteiger charge is 2.30. The molecule has 0 unspecified atom stereocenters. The quantitative estimate of drug-likeness (QED) is 0.677. The van der Waals surface area contributed by atoms with Crippen LogP contribution in [0.3, 0.4) is 0 Å². The van der Waals surface area contributed by atoms with E-state index in [-0.39, 0.29) is 11.7 Å². The topological polar surface area (TPSA) is 38.1 Å². The van der Waals surface area contributed by atoms with Gasteiger partial charge in [-0.1, -0.05) is 24.3 Å². The van der Waals surface area contributed by atoms with E-state index >= 15 is 0 Å². The lowest BCUT2D eigenvalue weighted by molar-refractivity contribution is 0.0727. The van der Waals surface area contributed by atoms with Gasteiger partial charge in [0.1, 0.15) is 5.82 Å². The van der Waals surface area contributed by atoms with E-state index in [1.165, 1.54) is 23.3 Å². The summed E-state index contributed by atoms with van der Waals surface area (Å²) in [7, 11) is 0. The number of nitrogens with zero attached hydrogens (tertiary/aromatic N) is 3. The fourth-order valence-electron chi connectivity index (χ4n) is 4.39. The van der Waals surface area contributed by atoms with Crippen molar-refractivity contribution in [1.29, 1.82) is 0 Å². The molecule has 3 aromatic rings. The molecule has 4 nitrogen and oxygen atoms in total. The second-order valence-electron chi connectivity index (χ2n) is 7.61. The molecular formula is C23H22FN3O. The zero-order valence-corrected chi connectivity index (χ0v) is 15.7. The van der Waals surface area contributed by atoms with Gasteiger partial charge in [0.05, 0.1) is 5.69 Å². The van der Waals surface area contributed by atoms with Crippen molar-refractivity contribution in [2.24, 2.45) is 0 Å². The summed E-state index contributed by atoms with van der Waals surface area (Å²) in [4.78, 5) is 15.3. The summed E-state index contributed by atoms with van der Waals surface area (Å²) >= 11 is 0. The molecule has 142 valence electrons. The highest BCUT2D eigenvalue weighted by atomic mass is 19.1. The Morgan fingerprint density at radius 1 is 0.929 bits per heavy atom. The minimum atomic E-state index is -0.270. The Hall–Kier alpha value is -2.95. The number of hydrogen-bond acceptors (Lipinski definition) is 2. The smallest absolute Gasteiger partial charge is 0.274 e. The summed E-state index contributed by atoms with van der Waals surface area (Å²) in [5.41, 5.74) is 6.08. The number of fused-ring (bicyclic) bond motifs is 2. The lowest BCUT2D eigenvalue weighted by Gasteiger charge is -2.28. The maximum Gasteiger partial charge on any atom is 0.274 e. The van der Waals surface area contributed by atoms with Crippen molar-refractivity contribution >= 4 is 5.91 Å². The van der Waals surface area contributed by atoms with Crippen LogP contribution in [-0.2, 0) is 25.8 Å². The summed E-state index contributed by atoms with van der Waals surface area (Å²) in [5, 5.41) is 4.73. The molecule has 0 atom stereocenters. The predicted molar refractivity (Wildman–Crippen MR) is 105 cm³/mol. The number of hydrogen-bond donors (Lipinski definition) is 0. The summed E-state index contributed by atoms with van der Waals surface area (Å²) in [6, 6.07) is 14.6. The normalized spacial score (nSPS) is 15.8. The minimum Gasteiger partial charge on any atom is -0.333 e. The summed E-state index contributed by atoms with van der Waals surface area (Å²) < 4.78 is 15.2. The van der Waals surface area contributed by atoms with Crippen molar-refractivity contribution < 1.29 is 9.18 Å². The van der Waals surface area contributed by atoms with Gasteiger partial charge in [-0.25, -0.2) is 9.07 Å². The van der Waals surface area contributed by atoms with Gasteiger partial charge < -0.3 is 4.90 Å². The summed E-state index contributed by atoms with van der Waals surface area (Å²) in [5.74, 6) is -0.262. The first kappa shape index (κ1) is 17.2. The SMILES string of the molecule is O=C(c1nn(-c2ccc(F)cc2)c2c1CCCC2)N1CCc2ccccc2C1. The van der Waals surface area contributed by atoms with E-state index in [0.29, 0.717) is 18.8 Å². The number of carbonyl (C=O) groups is 1. The van der Waals surface area contributed by atoms with Gasteiger partial charge in [0.15, 0.2) is 5.69 Å². The Labute approximate surface area is 163 Å². The average molecular weight is 375 g/mol. The maximum absolute atomic E-state index is 13.4. The fraction of sp³-hybridized carbons (Fsp3) is 0.304. The van der Waals surface area contributed by atoms with Gasteiger partial charge in [-0.2, -0.15) is 5.10 Å². The van der Waals surface area contributed by atoms with Crippen LogP contribution in [0.2, 0.25) is 0 Å². The molecule has 1 aliphatic carbocycles. The van der Waals surface area contributed by atoms with Crippen molar-refractivity contribution in [3.05, 3.63) is 82.4 Å². The van der Waals surface area contributed by atoms with Gasteiger partial charge in [0.2, 0.25) is 0 Å². The zero-order chi connectivity index (χ0) is 19.1. The van der Waals surface area contributed by atoms with Crippen LogP contribution in [-0.4, -0.2) is 27.1 Å². The standard InChI is InChI=1S/C23H22FN3O/c24-18-9-11-19(12-10-18)27-21-8-4-3-7-20(21)22(25-27)23(28)26-14-13-16-5-1-2-6-17(16)15-26/h1-2,5-6,9-12H,3-4,7-8,13-15H2. The number of halogens is 1. The van der Waals surface area contributed by atoms with Gasteiger partial charge in [-0.3, -0.25) is 4.79 Å². The Kier molecular flexibility index (Phi) is 4.23. The minimum absolute atomic E-state index is 0.00788. The Morgan fingerprint density at radius 2 is 1.68 bits per heavy atom. The molecule has 1 aromatic heterocycles. The van der Waals surface area contributed by atoms with Crippen molar-refractivity contribution in [3.8, 4) is 5.69 Å². The summed E-state index contributed by atoms with van der Waals surface area (Å²) in [6.07, 6.45) is 4.82. The van der Waals surface area contributed by atoms with Crippen molar-refractivity contribution in [3.63, 3.8) is 0 Å². The lowest BCUT2D eigenvalue weighted by atomic mass is 9.94. The van der Waals surface area contributed by atoms with Crippen LogP contribution in [0.15, 0.2) is 48.5 Å². The van der Waals surface area contributed by atoms with Gasteiger partial charge in [-0.05, 0) is 67.5 Å². The van der Waals surface area contributed by atoms with E-state index in [0.717, 1.165) is 49.0 Å². The van der Waals surface area contributed by atoms with Crippen LogP contribution in [0, 0.1) is 5.82 Å². The molecule has 0 bridgehead atoms. The zero-order valence-electron chi connectivity index (χ0n) is 15.7. The Bertz CT molecular complexity index is 1040. The molecule has 1 amide bonds. The van der Waals surface area contributed by atoms with Crippen molar-refractivity contribution in [1.82, 2.24) is 14.7 Å².